The van der Waals surface area contributed by atoms with E-state index in [-0.39, 0.29) is 28.9 Å². The normalized spacial score (nSPS) is 11.4. The highest BCUT2D eigenvalue weighted by Gasteiger charge is 2.24. The van der Waals surface area contributed by atoms with Gasteiger partial charge in [-0.25, -0.2) is 13.1 Å². The summed E-state index contributed by atoms with van der Waals surface area (Å²) in [6, 6.07) is 25.7. The van der Waals surface area contributed by atoms with Crippen LogP contribution in [0.1, 0.15) is 43.1 Å². The Kier molecular flexibility index (Phi) is 9.45. The second-order valence-corrected chi connectivity index (χ2v) is 11.6. The molecule has 0 bridgehead atoms. The lowest BCUT2D eigenvalue weighted by molar-refractivity contribution is -0.116. The highest BCUT2D eigenvalue weighted by Crippen LogP contribution is 2.29. The first kappa shape index (κ1) is 29.3. The van der Waals surface area contributed by atoms with E-state index in [2.05, 4.69) is 10.0 Å². The van der Waals surface area contributed by atoms with Crippen molar-refractivity contribution in [2.45, 2.75) is 44.0 Å². The maximum Gasteiger partial charge on any atom is 0.248 e. The van der Waals surface area contributed by atoms with Crippen molar-refractivity contribution >= 4 is 38.3 Å². The molecule has 8 nitrogen and oxygen atoms in total. The molecule has 0 atom stereocenters. The number of nitrogens with one attached hydrogen (secondary N) is 2. The van der Waals surface area contributed by atoms with Crippen molar-refractivity contribution in [1.82, 2.24) is 4.72 Å². The largest absolute Gasteiger partial charge is 0.508 e. The lowest BCUT2D eigenvalue weighted by atomic mass is 10.1. The number of hydrogen-bond acceptors (Lipinski definition) is 5. The Hall–Kier alpha value is -4.21. The fourth-order valence-electron chi connectivity index (χ4n) is 3.82. The molecule has 204 valence electrons. The van der Waals surface area contributed by atoms with Gasteiger partial charge in [0.2, 0.25) is 21.8 Å². The van der Waals surface area contributed by atoms with E-state index in [0.717, 1.165) is 5.56 Å². The molecule has 0 unspecified atom stereocenters. The first-order chi connectivity index (χ1) is 18.4. The molecular weight excluding hydrogens is 514 g/mol. The summed E-state index contributed by atoms with van der Waals surface area (Å²) in [6.45, 7) is 5.36. The SMILES string of the molecule is CC(C)(C)NS(=O)(=O)c1cccc2c(NC(=O)CCc3ccc(O)cc3)cccc12.NC(=O)c1ccccc1. The van der Waals surface area contributed by atoms with Gasteiger partial charge in [0.15, 0.2) is 0 Å². The number of phenolic OH excluding ortho intramolecular Hbond substituents is 1. The van der Waals surface area contributed by atoms with Crippen molar-refractivity contribution in [3.05, 3.63) is 102 Å². The van der Waals surface area contributed by atoms with Crippen LogP contribution >= 0.6 is 0 Å². The van der Waals surface area contributed by atoms with Crippen LogP contribution in [0.15, 0.2) is 95.9 Å². The first-order valence-electron chi connectivity index (χ1n) is 12.3. The summed E-state index contributed by atoms with van der Waals surface area (Å²) in [4.78, 5) is 23.1. The molecule has 0 radical (unpaired) electrons. The number of rotatable bonds is 7. The topological polar surface area (TPSA) is 139 Å². The lowest BCUT2D eigenvalue weighted by Crippen LogP contribution is -2.40. The molecule has 0 aliphatic carbocycles. The highest BCUT2D eigenvalue weighted by molar-refractivity contribution is 7.89. The fourth-order valence-corrected chi connectivity index (χ4v) is 5.46. The molecule has 2 amide bonds. The summed E-state index contributed by atoms with van der Waals surface area (Å²) < 4.78 is 28.4. The summed E-state index contributed by atoms with van der Waals surface area (Å²) in [5, 5.41) is 13.4. The van der Waals surface area contributed by atoms with E-state index in [0.29, 0.717) is 28.4 Å². The van der Waals surface area contributed by atoms with Gasteiger partial charge in [-0.2, -0.15) is 0 Å². The molecule has 0 saturated heterocycles. The van der Waals surface area contributed by atoms with Crippen LogP contribution in [0.2, 0.25) is 0 Å². The number of benzene rings is 4. The third kappa shape index (κ3) is 8.66. The molecule has 4 aromatic rings. The van der Waals surface area contributed by atoms with Crippen LogP contribution in [0, 0.1) is 0 Å². The van der Waals surface area contributed by atoms with Crippen molar-refractivity contribution in [1.29, 1.82) is 0 Å². The Bertz CT molecular complexity index is 1550. The number of nitrogens with two attached hydrogens (primary N) is 1. The minimum absolute atomic E-state index is 0.170. The van der Waals surface area contributed by atoms with Crippen molar-refractivity contribution in [2.75, 3.05) is 5.32 Å². The molecule has 9 heteroatoms. The predicted octanol–water partition coefficient (Wildman–Crippen LogP) is 4.98. The van der Waals surface area contributed by atoms with E-state index in [1.807, 2.05) is 6.07 Å². The van der Waals surface area contributed by atoms with Crippen LogP contribution in [0.5, 0.6) is 5.75 Å². The third-order valence-corrected chi connectivity index (χ3v) is 7.34. The zero-order valence-corrected chi connectivity index (χ0v) is 23.0. The first-order valence-corrected chi connectivity index (χ1v) is 13.8. The second kappa shape index (κ2) is 12.6. The highest BCUT2D eigenvalue weighted by atomic mass is 32.2. The number of primary amides is 1. The van der Waals surface area contributed by atoms with Crippen LogP contribution in [0.3, 0.4) is 0 Å². The third-order valence-electron chi connectivity index (χ3n) is 5.52. The number of sulfonamides is 1. The minimum atomic E-state index is -3.72. The van der Waals surface area contributed by atoms with Gasteiger partial charge in [0.05, 0.1) is 4.90 Å². The number of anilines is 1. The summed E-state index contributed by atoms with van der Waals surface area (Å²) >= 11 is 0. The molecule has 0 aliphatic heterocycles. The minimum Gasteiger partial charge on any atom is -0.508 e. The number of amides is 2. The number of phenols is 1. The van der Waals surface area contributed by atoms with Crippen molar-refractivity contribution in [2.24, 2.45) is 5.73 Å². The molecule has 0 spiro atoms. The summed E-state index contributed by atoms with van der Waals surface area (Å²) in [7, 11) is -3.72. The molecule has 0 saturated carbocycles. The van der Waals surface area contributed by atoms with Gasteiger partial charge in [-0.15, -0.1) is 0 Å². The zero-order valence-electron chi connectivity index (χ0n) is 22.1. The summed E-state index contributed by atoms with van der Waals surface area (Å²) in [6.07, 6.45) is 0.802. The molecule has 39 heavy (non-hydrogen) atoms. The van der Waals surface area contributed by atoms with E-state index in [1.165, 1.54) is 0 Å². The van der Waals surface area contributed by atoms with Gasteiger partial charge in [0.1, 0.15) is 5.75 Å². The summed E-state index contributed by atoms with van der Waals surface area (Å²) in [5.41, 5.74) is 6.43. The standard InChI is InChI=1S/C23H26N2O4S.C7H7NO/c1-23(2,3)25-30(28,29)21-9-5-6-18-19(21)7-4-8-20(18)24-22(27)15-12-16-10-13-17(26)14-11-16;8-7(9)6-4-2-1-3-5-6/h4-11,13-14,25-26H,12,15H2,1-3H3,(H,24,27);1-5H,(H2,8,9). The molecule has 0 heterocycles. The van der Waals surface area contributed by atoms with E-state index in [4.69, 9.17) is 5.73 Å². The lowest BCUT2D eigenvalue weighted by Gasteiger charge is -2.21. The van der Waals surface area contributed by atoms with Gasteiger partial charge >= 0.3 is 0 Å². The fraction of sp³-hybridized carbons (Fsp3) is 0.200. The molecule has 0 fully saturated rings. The maximum absolute atomic E-state index is 12.9. The number of aromatic hydroxyl groups is 1. The Morgan fingerprint density at radius 1 is 0.821 bits per heavy atom. The molecule has 5 N–H and O–H groups in total. The number of carbonyl (C=O) groups is 2. The predicted molar refractivity (Wildman–Crippen MR) is 154 cm³/mol. The van der Waals surface area contributed by atoms with Crippen molar-refractivity contribution in [3.8, 4) is 5.75 Å². The van der Waals surface area contributed by atoms with Crippen molar-refractivity contribution in [3.63, 3.8) is 0 Å². The monoisotopic (exact) mass is 547 g/mol. The van der Waals surface area contributed by atoms with E-state index < -0.39 is 15.6 Å². The zero-order chi connectivity index (χ0) is 28.6. The maximum atomic E-state index is 12.9. The molecule has 0 aromatic heterocycles. The average molecular weight is 548 g/mol. The Morgan fingerprint density at radius 3 is 2.03 bits per heavy atom. The van der Waals surface area contributed by atoms with Crippen molar-refractivity contribution < 1.29 is 23.1 Å². The molecule has 4 rings (SSSR count). The van der Waals surface area contributed by atoms with Crippen LogP contribution in [-0.4, -0.2) is 30.9 Å². The van der Waals surface area contributed by atoms with Crippen LogP contribution in [-0.2, 0) is 21.2 Å². The molecular formula is C30H33N3O5S. The number of hydrogen-bond donors (Lipinski definition) is 4. The number of aryl methyl sites for hydroxylation is 1. The smallest absolute Gasteiger partial charge is 0.248 e. The average Bonchev–Trinajstić information content (AvgIpc) is 2.88. The van der Waals surface area contributed by atoms with Crippen LogP contribution < -0.4 is 15.8 Å². The van der Waals surface area contributed by atoms with E-state index in [9.17, 15) is 23.1 Å². The number of carbonyl (C=O) groups excluding carboxylic acids is 2. The van der Waals surface area contributed by atoms with Gasteiger partial charge in [-0.3, -0.25) is 9.59 Å². The van der Waals surface area contributed by atoms with Gasteiger partial charge in [-0.1, -0.05) is 54.6 Å². The van der Waals surface area contributed by atoms with Crippen LogP contribution in [0.4, 0.5) is 5.69 Å². The number of fused-ring (bicyclic) bond motifs is 1. The van der Waals surface area contributed by atoms with Gasteiger partial charge in [-0.05, 0) is 69.2 Å². The second-order valence-electron chi connectivity index (χ2n) is 9.96. The van der Waals surface area contributed by atoms with E-state index >= 15 is 0 Å². The van der Waals surface area contributed by atoms with Crippen LogP contribution in [0.25, 0.3) is 10.8 Å². The Labute approximate surface area is 228 Å². The van der Waals surface area contributed by atoms with E-state index in [1.54, 1.807) is 106 Å². The van der Waals surface area contributed by atoms with Gasteiger partial charge in [0, 0.05) is 34.0 Å². The quantitative estimate of drug-likeness (QED) is 0.259. The Morgan fingerprint density at radius 2 is 1.44 bits per heavy atom. The van der Waals surface area contributed by atoms with Gasteiger partial charge < -0.3 is 16.2 Å². The van der Waals surface area contributed by atoms with Gasteiger partial charge in [0.25, 0.3) is 0 Å². The Balaban J connectivity index is 0.000000395. The molecule has 0 aliphatic rings. The molecule has 4 aromatic carbocycles. The summed E-state index contributed by atoms with van der Waals surface area (Å²) in [5.74, 6) is -0.363.